The lowest BCUT2D eigenvalue weighted by Gasteiger charge is -2.04. The number of hydrogen-bond donors (Lipinski definition) is 2. The Morgan fingerprint density at radius 2 is 1.93 bits per heavy atom. The van der Waals surface area contributed by atoms with Crippen LogP contribution in [0.1, 0.15) is 21.0 Å². The fourth-order valence-corrected chi connectivity index (χ4v) is 3.76. The van der Waals surface area contributed by atoms with Crippen molar-refractivity contribution < 1.29 is 23.5 Å². The highest BCUT2D eigenvalue weighted by Crippen LogP contribution is 2.36. The molecule has 2 heterocycles. The van der Waals surface area contributed by atoms with Crippen molar-refractivity contribution in [2.75, 3.05) is 5.32 Å². The van der Waals surface area contributed by atoms with Crippen LogP contribution >= 0.6 is 22.9 Å². The zero-order chi connectivity index (χ0) is 19.8. The number of oxazole rings is 1. The number of carboxylic acids is 1. The fourth-order valence-electron chi connectivity index (χ4n) is 2.67. The molecule has 140 valence electrons. The smallest absolute Gasteiger partial charge is 0.339 e. The van der Waals surface area contributed by atoms with Crippen molar-refractivity contribution in [2.24, 2.45) is 0 Å². The summed E-state index contributed by atoms with van der Waals surface area (Å²) in [5.41, 5.74) is 1.06. The van der Waals surface area contributed by atoms with Gasteiger partial charge in [-0.1, -0.05) is 29.8 Å². The van der Waals surface area contributed by atoms with E-state index < -0.39 is 17.7 Å². The van der Waals surface area contributed by atoms with Crippen molar-refractivity contribution in [2.45, 2.75) is 0 Å². The standard InChI is InChI=1S/C19H10ClFN2O4S/c20-10-6-4-9(5-7-10)11-8-28-18(14(11)19(25)26)23-16(24)17-22-13-3-1-2-12(21)15(13)27-17/h1-8H,(H,23,24)(H,25,26). The number of carbonyl (C=O) groups is 2. The highest BCUT2D eigenvalue weighted by molar-refractivity contribution is 7.15. The first-order valence-electron chi connectivity index (χ1n) is 7.91. The summed E-state index contributed by atoms with van der Waals surface area (Å²) in [6, 6.07) is 10.8. The van der Waals surface area contributed by atoms with E-state index in [2.05, 4.69) is 10.3 Å². The molecule has 2 N–H and O–H groups in total. The lowest BCUT2D eigenvalue weighted by atomic mass is 10.0. The number of hydrogen-bond acceptors (Lipinski definition) is 5. The topological polar surface area (TPSA) is 92.4 Å². The second-order valence-corrected chi connectivity index (χ2v) is 7.04. The summed E-state index contributed by atoms with van der Waals surface area (Å²) in [5, 5.41) is 14.4. The number of carboxylic acid groups (broad SMARTS) is 1. The van der Waals surface area contributed by atoms with E-state index in [0.29, 0.717) is 16.1 Å². The van der Waals surface area contributed by atoms with E-state index in [4.69, 9.17) is 16.0 Å². The molecule has 1 amide bonds. The third kappa shape index (κ3) is 3.23. The maximum Gasteiger partial charge on any atom is 0.339 e. The molecule has 4 rings (SSSR count). The van der Waals surface area contributed by atoms with Crippen LogP contribution in [-0.2, 0) is 0 Å². The summed E-state index contributed by atoms with van der Waals surface area (Å²) in [6.45, 7) is 0. The zero-order valence-electron chi connectivity index (χ0n) is 13.9. The van der Waals surface area contributed by atoms with Crippen LogP contribution in [0.25, 0.3) is 22.2 Å². The van der Waals surface area contributed by atoms with Crippen LogP contribution < -0.4 is 5.32 Å². The van der Waals surface area contributed by atoms with Gasteiger partial charge in [0.1, 0.15) is 16.1 Å². The number of fused-ring (bicyclic) bond motifs is 1. The Labute approximate surface area is 166 Å². The molecular weight excluding hydrogens is 407 g/mol. The Hall–Kier alpha value is -3.23. The normalized spacial score (nSPS) is 10.9. The van der Waals surface area contributed by atoms with Gasteiger partial charge in [0.05, 0.1) is 0 Å². The first-order chi connectivity index (χ1) is 13.4. The van der Waals surface area contributed by atoms with Gasteiger partial charge in [0.2, 0.25) is 0 Å². The Morgan fingerprint density at radius 3 is 2.61 bits per heavy atom. The van der Waals surface area contributed by atoms with Gasteiger partial charge in [-0.15, -0.1) is 11.3 Å². The Morgan fingerprint density at radius 1 is 1.18 bits per heavy atom. The largest absolute Gasteiger partial charge is 0.478 e. The van der Waals surface area contributed by atoms with Crippen molar-refractivity contribution >= 4 is 50.9 Å². The van der Waals surface area contributed by atoms with E-state index in [0.717, 1.165) is 11.3 Å². The second kappa shape index (κ2) is 7.06. The van der Waals surface area contributed by atoms with Crippen LogP contribution in [0.2, 0.25) is 5.02 Å². The number of amides is 1. The number of nitrogens with zero attached hydrogens (tertiary/aromatic N) is 1. The molecule has 0 radical (unpaired) electrons. The number of carbonyl (C=O) groups excluding carboxylic acids is 1. The van der Waals surface area contributed by atoms with Gasteiger partial charge in [0.25, 0.3) is 5.89 Å². The van der Waals surface area contributed by atoms with Gasteiger partial charge in [0, 0.05) is 16.0 Å². The Kier molecular flexibility index (Phi) is 4.58. The van der Waals surface area contributed by atoms with Crippen molar-refractivity contribution in [1.82, 2.24) is 4.98 Å². The maximum atomic E-state index is 13.7. The summed E-state index contributed by atoms with van der Waals surface area (Å²) in [5.74, 6) is -2.98. The quantitative estimate of drug-likeness (QED) is 0.471. The number of benzene rings is 2. The molecule has 0 saturated heterocycles. The molecule has 0 fully saturated rings. The molecule has 2 aromatic carbocycles. The van der Waals surface area contributed by atoms with Crippen LogP contribution in [0, 0.1) is 5.82 Å². The fraction of sp³-hybridized carbons (Fsp3) is 0. The van der Waals surface area contributed by atoms with Crippen molar-refractivity contribution in [3.8, 4) is 11.1 Å². The molecule has 9 heteroatoms. The Balaban J connectivity index is 1.69. The molecule has 0 aliphatic heterocycles. The number of thiophene rings is 1. The highest BCUT2D eigenvalue weighted by atomic mass is 35.5. The first-order valence-corrected chi connectivity index (χ1v) is 9.17. The number of nitrogens with one attached hydrogen (secondary N) is 1. The molecule has 0 aliphatic carbocycles. The van der Waals surface area contributed by atoms with Crippen LogP contribution in [0.15, 0.2) is 52.3 Å². The Bertz CT molecular complexity index is 1220. The number of aromatic carboxylic acids is 1. The van der Waals surface area contributed by atoms with E-state index in [1.807, 2.05) is 0 Å². The van der Waals surface area contributed by atoms with Gasteiger partial charge in [-0.3, -0.25) is 4.79 Å². The minimum Gasteiger partial charge on any atom is -0.478 e. The highest BCUT2D eigenvalue weighted by Gasteiger charge is 2.24. The number of para-hydroxylation sites is 1. The zero-order valence-corrected chi connectivity index (χ0v) is 15.5. The van der Waals surface area contributed by atoms with E-state index in [1.165, 1.54) is 18.2 Å². The molecule has 4 aromatic rings. The molecule has 0 spiro atoms. The van der Waals surface area contributed by atoms with E-state index in [1.54, 1.807) is 29.6 Å². The van der Waals surface area contributed by atoms with Crippen molar-refractivity contribution in [3.63, 3.8) is 0 Å². The summed E-state index contributed by atoms with van der Waals surface area (Å²) in [6.07, 6.45) is 0. The molecule has 0 atom stereocenters. The molecule has 28 heavy (non-hydrogen) atoms. The van der Waals surface area contributed by atoms with Crippen LogP contribution in [-0.4, -0.2) is 22.0 Å². The van der Waals surface area contributed by atoms with Crippen molar-refractivity contribution in [1.29, 1.82) is 0 Å². The van der Waals surface area contributed by atoms with Gasteiger partial charge in [0.15, 0.2) is 11.4 Å². The summed E-state index contributed by atoms with van der Waals surface area (Å²) >= 11 is 6.92. The SMILES string of the molecule is O=C(Nc1scc(-c2ccc(Cl)cc2)c1C(=O)O)c1nc2cccc(F)c2o1. The van der Waals surface area contributed by atoms with Gasteiger partial charge in [-0.2, -0.15) is 0 Å². The monoisotopic (exact) mass is 416 g/mol. The molecular formula is C19H10ClFN2O4S. The average Bonchev–Trinajstić information content (AvgIpc) is 3.27. The number of rotatable bonds is 4. The second-order valence-electron chi connectivity index (χ2n) is 5.73. The van der Waals surface area contributed by atoms with E-state index in [9.17, 15) is 19.1 Å². The predicted octanol–water partition coefficient (Wildman–Crippen LogP) is 5.30. The molecule has 6 nitrogen and oxygen atoms in total. The maximum absolute atomic E-state index is 13.7. The van der Waals surface area contributed by atoms with E-state index >= 15 is 0 Å². The third-order valence-corrected chi connectivity index (χ3v) is 5.10. The summed E-state index contributed by atoms with van der Waals surface area (Å²) in [4.78, 5) is 28.2. The van der Waals surface area contributed by atoms with Crippen LogP contribution in [0.3, 0.4) is 0 Å². The van der Waals surface area contributed by atoms with Gasteiger partial charge in [-0.05, 0) is 29.8 Å². The lowest BCUT2D eigenvalue weighted by molar-refractivity contribution is 0.0699. The van der Waals surface area contributed by atoms with Crippen molar-refractivity contribution in [3.05, 3.63) is 70.1 Å². The number of aromatic nitrogens is 1. The minimum atomic E-state index is -1.20. The minimum absolute atomic E-state index is 0.0667. The summed E-state index contributed by atoms with van der Waals surface area (Å²) in [7, 11) is 0. The van der Waals surface area contributed by atoms with Gasteiger partial charge >= 0.3 is 11.9 Å². The number of halogens is 2. The van der Waals surface area contributed by atoms with Crippen LogP contribution in [0.5, 0.6) is 0 Å². The lowest BCUT2D eigenvalue weighted by Crippen LogP contribution is -2.13. The molecule has 0 saturated carbocycles. The molecule has 0 aliphatic rings. The average molecular weight is 417 g/mol. The predicted molar refractivity (Wildman–Crippen MR) is 104 cm³/mol. The van der Waals surface area contributed by atoms with E-state index in [-0.39, 0.29) is 27.6 Å². The molecule has 2 aromatic heterocycles. The molecule has 0 unspecified atom stereocenters. The van der Waals surface area contributed by atoms with Crippen LogP contribution in [0.4, 0.5) is 9.39 Å². The summed E-state index contributed by atoms with van der Waals surface area (Å²) < 4.78 is 18.9. The third-order valence-electron chi connectivity index (χ3n) is 3.95. The first kappa shape index (κ1) is 18.1. The van der Waals surface area contributed by atoms with Gasteiger partial charge in [-0.25, -0.2) is 14.2 Å². The van der Waals surface area contributed by atoms with Gasteiger partial charge < -0.3 is 14.8 Å². The number of anilines is 1. The molecule has 0 bridgehead atoms.